The number of anilines is 1. The molecule has 0 aliphatic heterocycles. The summed E-state index contributed by atoms with van der Waals surface area (Å²) in [7, 11) is 0. The minimum absolute atomic E-state index is 0.00313. The van der Waals surface area contributed by atoms with Crippen molar-refractivity contribution in [3.63, 3.8) is 0 Å². The van der Waals surface area contributed by atoms with Crippen molar-refractivity contribution in [3.05, 3.63) is 63.4 Å². The van der Waals surface area contributed by atoms with Gasteiger partial charge in [-0.15, -0.1) is 0 Å². The van der Waals surface area contributed by atoms with Crippen LogP contribution in [0.25, 0.3) is 0 Å². The van der Waals surface area contributed by atoms with Gasteiger partial charge in [0.25, 0.3) is 0 Å². The Hall–Kier alpha value is -1.80. The molecule has 0 fully saturated rings. The number of nitrogens with one attached hydrogen (secondary N) is 1. The summed E-state index contributed by atoms with van der Waals surface area (Å²) in [4.78, 5) is 0. The van der Waals surface area contributed by atoms with Crippen LogP contribution in [0, 0.1) is 17.1 Å². The Morgan fingerprint density at radius 3 is 2.67 bits per heavy atom. The Balaban J connectivity index is 2.09. The maximum atomic E-state index is 13.3. The quantitative estimate of drug-likeness (QED) is 0.888. The third-order valence-corrected chi connectivity index (χ3v) is 3.46. The molecule has 0 amide bonds. The third-order valence-electron chi connectivity index (χ3n) is 2.92. The fourth-order valence-corrected chi connectivity index (χ4v) is 2.10. The number of aliphatic hydroxyl groups excluding tert-OH is 1. The molecule has 0 aliphatic rings. The predicted molar refractivity (Wildman–Crippen MR) is 81.0 cm³/mol. The van der Waals surface area contributed by atoms with E-state index in [1.807, 2.05) is 6.07 Å². The monoisotopic (exact) mass is 324 g/mol. The number of nitriles is 1. The first-order chi connectivity index (χ1) is 10.0. The molecule has 2 aromatic rings. The second-order valence-electron chi connectivity index (χ2n) is 4.37. The highest BCUT2D eigenvalue weighted by Crippen LogP contribution is 2.23. The lowest BCUT2D eigenvalue weighted by Crippen LogP contribution is -2.13. The van der Waals surface area contributed by atoms with Gasteiger partial charge in [-0.1, -0.05) is 29.3 Å². The molecule has 0 saturated carbocycles. The normalized spacial score (nSPS) is 11.8. The fraction of sp³-hybridized carbons (Fsp3) is 0.133. The lowest BCUT2D eigenvalue weighted by molar-refractivity contribution is 0.191. The molecule has 0 aliphatic carbocycles. The molecule has 0 heterocycles. The highest BCUT2D eigenvalue weighted by Gasteiger charge is 2.11. The van der Waals surface area contributed by atoms with Crippen molar-refractivity contribution in [1.29, 1.82) is 5.26 Å². The van der Waals surface area contributed by atoms with Gasteiger partial charge >= 0.3 is 0 Å². The zero-order chi connectivity index (χ0) is 15.4. The van der Waals surface area contributed by atoms with Gasteiger partial charge in [0, 0.05) is 11.6 Å². The Kier molecular flexibility index (Phi) is 5.03. The lowest BCUT2D eigenvalue weighted by atomic mass is 10.1. The number of hydrogen-bond acceptors (Lipinski definition) is 3. The van der Waals surface area contributed by atoms with Crippen LogP contribution in [0.3, 0.4) is 0 Å². The number of rotatable bonds is 4. The van der Waals surface area contributed by atoms with E-state index in [-0.39, 0.29) is 11.6 Å². The average molecular weight is 325 g/mol. The summed E-state index contributed by atoms with van der Waals surface area (Å²) in [5, 5.41) is 22.4. The van der Waals surface area contributed by atoms with E-state index in [9.17, 15) is 9.50 Å². The molecule has 0 radical (unpaired) electrons. The molecular formula is C15H11Cl2FN2O. The summed E-state index contributed by atoms with van der Waals surface area (Å²) in [5.74, 6) is -0.586. The molecule has 108 valence electrons. The summed E-state index contributed by atoms with van der Waals surface area (Å²) in [6, 6.07) is 10.9. The zero-order valence-electron chi connectivity index (χ0n) is 10.8. The molecule has 0 bridgehead atoms. The van der Waals surface area contributed by atoms with E-state index in [4.69, 9.17) is 28.5 Å². The number of aliphatic hydroxyl groups is 1. The van der Waals surface area contributed by atoms with Gasteiger partial charge < -0.3 is 10.4 Å². The molecular weight excluding hydrogens is 314 g/mol. The van der Waals surface area contributed by atoms with Gasteiger partial charge in [0.05, 0.1) is 22.4 Å². The fourth-order valence-electron chi connectivity index (χ4n) is 1.81. The second-order valence-corrected chi connectivity index (χ2v) is 5.22. The van der Waals surface area contributed by atoms with Crippen molar-refractivity contribution in [1.82, 2.24) is 0 Å². The van der Waals surface area contributed by atoms with Gasteiger partial charge in [0.1, 0.15) is 11.9 Å². The molecule has 0 saturated heterocycles. The third kappa shape index (κ3) is 3.85. The highest BCUT2D eigenvalue weighted by molar-refractivity contribution is 6.31. The maximum Gasteiger partial charge on any atom is 0.142 e. The SMILES string of the molecule is N#Cc1cc(Cl)ccc1NCC(O)c1ccc(Cl)c(F)c1. The molecule has 1 unspecified atom stereocenters. The van der Waals surface area contributed by atoms with Gasteiger partial charge in [0.2, 0.25) is 0 Å². The minimum Gasteiger partial charge on any atom is -0.387 e. The lowest BCUT2D eigenvalue weighted by Gasteiger charge is -2.14. The van der Waals surface area contributed by atoms with Gasteiger partial charge in [-0.3, -0.25) is 0 Å². The topological polar surface area (TPSA) is 56.0 Å². The van der Waals surface area contributed by atoms with Crippen molar-refractivity contribution in [3.8, 4) is 6.07 Å². The number of nitrogens with zero attached hydrogens (tertiary/aromatic N) is 1. The Morgan fingerprint density at radius 2 is 2.00 bits per heavy atom. The standard InChI is InChI=1S/C15H11Cl2FN2O/c16-11-2-4-14(10(5-11)7-19)20-8-15(21)9-1-3-12(17)13(18)6-9/h1-6,15,20-21H,8H2. The van der Waals surface area contributed by atoms with Gasteiger partial charge in [-0.25, -0.2) is 4.39 Å². The van der Waals surface area contributed by atoms with Crippen LogP contribution in [-0.4, -0.2) is 11.7 Å². The highest BCUT2D eigenvalue weighted by atomic mass is 35.5. The molecule has 1 atom stereocenters. The Morgan fingerprint density at radius 1 is 1.24 bits per heavy atom. The zero-order valence-corrected chi connectivity index (χ0v) is 12.3. The van der Waals surface area contributed by atoms with Crippen LogP contribution in [0.4, 0.5) is 10.1 Å². The molecule has 6 heteroatoms. The molecule has 0 aromatic heterocycles. The van der Waals surface area contributed by atoms with Crippen molar-refractivity contribution >= 4 is 28.9 Å². The van der Waals surface area contributed by atoms with E-state index in [2.05, 4.69) is 5.32 Å². The van der Waals surface area contributed by atoms with Crippen LogP contribution in [-0.2, 0) is 0 Å². The van der Waals surface area contributed by atoms with Crippen LogP contribution in [0.15, 0.2) is 36.4 Å². The molecule has 2 N–H and O–H groups in total. The first-order valence-electron chi connectivity index (χ1n) is 6.08. The van der Waals surface area contributed by atoms with E-state index in [0.717, 1.165) is 0 Å². The first kappa shape index (κ1) is 15.6. The van der Waals surface area contributed by atoms with E-state index in [1.54, 1.807) is 18.2 Å². The summed E-state index contributed by atoms with van der Waals surface area (Å²) in [5.41, 5.74) is 1.32. The maximum absolute atomic E-state index is 13.3. The molecule has 3 nitrogen and oxygen atoms in total. The number of hydrogen-bond donors (Lipinski definition) is 2. The smallest absolute Gasteiger partial charge is 0.142 e. The predicted octanol–water partition coefficient (Wildman–Crippen LogP) is 4.15. The van der Waals surface area contributed by atoms with Crippen LogP contribution < -0.4 is 5.32 Å². The van der Waals surface area contributed by atoms with Crippen molar-refractivity contribution in [2.24, 2.45) is 0 Å². The molecule has 2 aromatic carbocycles. The van der Waals surface area contributed by atoms with Crippen molar-refractivity contribution in [2.75, 3.05) is 11.9 Å². The summed E-state index contributed by atoms with van der Waals surface area (Å²) in [6.45, 7) is 0.122. The largest absolute Gasteiger partial charge is 0.387 e. The summed E-state index contributed by atoms with van der Waals surface area (Å²) in [6.07, 6.45) is -0.931. The molecule has 0 spiro atoms. The average Bonchev–Trinajstić information content (AvgIpc) is 2.48. The van der Waals surface area contributed by atoms with Crippen molar-refractivity contribution in [2.45, 2.75) is 6.10 Å². The van der Waals surface area contributed by atoms with Crippen molar-refractivity contribution < 1.29 is 9.50 Å². The minimum atomic E-state index is -0.931. The van der Waals surface area contributed by atoms with Crippen LogP contribution in [0.1, 0.15) is 17.2 Å². The second kappa shape index (κ2) is 6.77. The Bertz CT molecular complexity index is 701. The van der Waals surface area contributed by atoms with E-state index in [0.29, 0.717) is 21.8 Å². The summed E-state index contributed by atoms with van der Waals surface area (Å²) < 4.78 is 13.3. The summed E-state index contributed by atoms with van der Waals surface area (Å²) >= 11 is 11.4. The molecule has 2 rings (SSSR count). The van der Waals surface area contributed by atoms with Crippen LogP contribution in [0.2, 0.25) is 10.0 Å². The Labute approximate surface area is 131 Å². The van der Waals surface area contributed by atoms with E-state index >= 15 is 0 Å². The number of halogens is 3. The first-order valence-corrected chi connectivity index (χ1v) is 6.83. The van der Waals surface area contributed by atoms with E-state index < -0.39 is 11.9 Å². The van der Waals surface area contributed by atoms with E-state index in [1.165, 1.54) is 18.2 Å². The number of benzene rings is 2. The van der Waals surface area contributed by atoms with Crippen LogP contribution >= 0.6 is 23.2 Å². The van der Waals surface area contributed by atoms with Gasteiger partial charge in [-0.2, -0.15) is 5.26 Å². The van der Waals surface area contributed by atoms with Crippen LogP contribution in [0.5, 0.6) is 0 Å². The molecule has 21 heavy (non-hydrogen) atoms. The van der Waals surface area contributed by atoms with Gasteiger partial charge in [-0.05, 0) is 35.9 Å². The van der Waals surface area contributed by atoms with Gasteiger partial charge in [0.15, 0.2) is 0 Å².